The van der Waals surface area contributed by atoms with E-state index in [1.807, 2.05) is 0 Å². The Morgan fingerprint density at radius 2 is 2.05 bits per heavy atom. The second-order valence-corrected chi connectivity index (χ2v) is 5.19. The zero-order valence-corrected chi connectivity index (χ0v) is 13.2. The van der Waals surface area contributed by atoms with Crippen LogP contribution in [0.1, 0.15) is 22.5 Å². The summed E-state index contributed by atoms with van der Waals surface area (Å²) in [6.45, 7) is 2.03. The number of nitrogens with zero attached hydrogens (tertiary/aromatic N) is 1. The van der Waals surface area contributed by atoms with Crippen molar-refractivity contribution >= 4 is 22.8 Å². The van der Waals surface area contributed by atoms with Crippen LogP contribution in [0.4, 0.5) is 0 Å². The van der Waals surface area contributed by atoms with E-state index in [0.717, 1.165) is 0 Å². The van der Waals surface area contributed by atoms with Gasteiger partial charge in [-0.2, -0.15) is 0 Å². The number of fused-ring (bicyclic) bond motifs is 1. The molecule has 0 unspecified atom stereocenters. The number of nitrogens with one attached hydrogen (secondary N) is 1. The Kier molecular flexibility index (Phi) is 4.70. The summed E-state index contributed by atoms with van der Waals surface area (Å²) < 4.78 is 10.8. The number of rotatable bonds is 5. The van der Waals surface area contributed by atoms with Gasteiger partial charge in [0.2, 0.25) is 5.91 Å². The molecule has 0 spiro atoms. The van der Waals surface area contributed by atoms with Crippen molar-refractivity contribution in [2.24, 2.45) is 0 Å². The van der Waals surface area contributed by atoms with Gasteiger partial charge in [-0.15, -0.1) is 0 Å². The van der Waals surface area contributed by atoms with Crippen molar-refractivity contribution in [3.63, 3.8) is 0 Å². The van der Waals surface area contributed by atoms with E-state index in [4.69, 9.17) is 9.15 Å². The lowest BCUT2D eigenvalue weighted by molar-refractivity contribution is -0.128. The van der Waals surface area contributed by atoms with Gasteiger partial charge < -0.3 is 19.4 Å². The fourth-order valence-electron chi connectivity index (χ4n) is 2.20. The molecule has 0 aliphatic carbocycles. The highest BCUT2D eigenvalue weighted by molar-refractivity contribution is 6.07. The SMILES string of the molecule is COc1ccc2oc(C)c(C(=O)NCCC(=O)N(C)C)c2c1. The average molecular weight is 304 g/mol. The molecule has 2 rings (SSSR count). The Morgan fingerprint density at radius 3 is 2.68 bits per heavy atom. The number of benzene rings is 1. The molecule has 6 heteroatoms. The minimum absolute atomic E-state index is 0.0317. The normalized spacial score (nSPS) is 10.5. The molecule has 0 fully saturated rings. The fourth-order valence-corrected chi connectivity index (χ4v) is 2.20. The standard InChI is InChI=1S/C16H20N2O4/c1-10-15(16(20)17-8-7-14(19)18(2)3)12-9-11(21-4)5-6-13(12)22-10/h5-6,9H,7-8H2,1-4H3,(H,17,20). The van der Waals surface area contributed by atoms with E-state index >= 15 is 0 Å². The second-order valence-electron chi connectivity index (χ2n) is 5.19. The Morgan fingerprint density at radius 1 is 1.32 bits per heavy atom. The Bertz CT molecular complexity index is 703. The number of hydrogen-bond donors (Lipinski definition) is 1. The van der Waals surface area contributed by atoms with Gasteiger partial charge in [-0.1, -0.05) is 0 Å². The average Bonchev–Trinajstić information content (AvgIpc) is 2.81. The number of furan rings is 1. The van der Waals surface area contributed by atoms with Gasteiger partial charge in [-0.3, -0.25) is 9.59 Å². The van der Waals surface area contributed by atoms with Crippen LogP contribution in [0.5, 0.6) is 5.75 Å². The van der Waals surface area contributed by atoms with Gasteiger partial charge in [0.1, 0.15) is 17.1 Å². The molecule has 118 valence electrons. The van der Waals surface area contributed by atoms with Crippen LogP contribution in [-0.4, -0.2) is 44.5 Å². The van der Waals surface area contributed by atoms with Crippen molar-refractivity contribution in [3.8, 4) is 5.75 Å². The van der Waals surface area contributed by atoms with Crippen LogP contribution >= 0.6 is 0 Å². The lowest BCUT2D eigenvalue weighted by Crippen LogP contribution is -2.30. The van der Waals surface area contributed by atoms with Crippen LogP contribution in [0.2, 0.25) is 0 Å². The molecular weight excluding hydrogens is 284 g/mol. The molecule has 1 heterocycles. The topological polar surface area (TPSA) is 71.8 Å². The summed E-state index contributed by atoms with van der Waals surface area (Å²) >= 11 is 0. The van der Waals surface area contributed by atoms with E-state index in [2.05, 4.69) is 5.32 Å². The largest absolute Gasteiger partial charge is 0.497 e. The maximum Gasteiger partial charge on any atom is 0.255 e. The highest BCUT2D eigenvalue weighted by Crippen LogP contribution is 2.28. The van der Waals surface area contributed by atoms with E-state index < -0.39 is 0 Å². The molecule has 1 aromatic heterocycles. The monoisotopic (exact) mass is 304 g/mol. The van der Waals surface area contributed by atoms with Crippen LogP contribution in [0.3, 0.4) is 0 Å². The summed E-state index contributed by atoms with van der Waals surface area (Å²) in [5, 5.41) is 3.46. The van der Waals surface area contributed by atoms with E-state index in [9.17, 15) is 9.59 Å². The van der Waals surface area contributed by atoms with Crippen LogP contribution in [0, 0.1) is 6.92 Å². The van der Waals surface area contributed by atoms with Gasteiger partial charge >= 0.3 is 0 Å². The van der Waals surface area contributed by atoms with Gasteiger partial charge in [0.25, 0.3) is 5.91 Å². The third-order valence-corrected chi connectivity index (χ3v) is 3.42. The first-order valence-electron chi connectivity index (χ1n) is 6.99. The summed E-state index contributed by atoms with van der Waals surface area (Å²) in [5.41, 5.74) is 1.11. The van der Waals surface area contributed by atoms with Gasteiger partial charge in [-0.05, 0) is 25.1 Å². The summed E-state index contributed by atoms with van der Waals surface area (Å²) in [5.74, 6) is 0.914. The number of amides is 2. The van der Waals surface area contributed by atoms with E-state index in [1.165, 1.54) is 4.90 Å². The molecule has 0 aliphatic heterocycles. The molecule has 0 aliphatic rings. The Balaban J connectivity index is 2.17. The predicted molar refractivity (Wildman–Crippen MR) is 83.1 cm³/mol. The molecular formula is C16H20N2O4. The summed E-state index contributed by atoms with van der Waals surface area (Å²) in [6, 6.07) is 5.32. The minimum atomic E-state index is -0.254. The van der Waals surface area contributed by atoms with Crippen molar-refractivity contribution in [2.45, 2.75) is 13.3 Å². The fraction of sp³-hybridized carbons (Fsp3) is 0.375. The lowest BCUT2D eigenvalue weighted by Gasteiger charge is -2.10. The lowest BCUT2D eigenvalue weighted by atomic mass is 10.1. The van der Waals surface area contributed by atoms with Gasteiger partial charge in [0.15, 0.2) is 0 Å². The highest BCUT2D eigenvalue weighted by atomic mass is 16.5. The number of methoxy groups -OCH3 is 1. The molecule has 0 atom stereocenters. The molecule has 1 N–H and O–H groups in total. The van der Waals surface area contributed by atoms with E-state index in [-0.39, 0.29) is 24.8 Å². The third kappa shape index (κ3) is 3.21. The van der Waals surface area contributed by atoms with Crippen LogP contribution in [0.25, 0.3) is 11.0 Å². The molecule has 22 heavy (non-hydrogen) atoms. The first kappa shape index (κ1) is 15.9. The van der Waals surface area contributed by atoms with Crippen molar-refractivity contribution in [1.29, 1.82) is 0 Å². The minimum Gasteiger partial charge on any atom is -0.497 e. The van der Waals surface area contributed by atoms with E-state index in [0.29, 0.717) is 28.0 Å². The Hall–Kier alpha value is -2.50. The number of carbonyl (C=O) groups is 2. The van der Waals surface area contributed by atoms with Crippen LogP contribution in [-0.2, 0) is 4.79 Å². The molecule has 0 radical (unpaired) electrons. The van der Waals surface area contributed by atoms with Crippen molar-refractivity contribution in [3.05, 3.63) is 29.5 Å². The first-order chi connectivity index (χ1) is 10.4. The van der Waals surface area contributed by atoms with Crippen molar-refractivity contribution in [2.75, 3.05) is 27.7 Å². The van der Waals surface area contributed by atoms with Crippen molar-refractivity contribution in [1.82, 2.24) is 10.2 Å². The maximum atomic E-state index is 12.4. The predicted octanol–water partition coefficient (Wildman–Crippen LogP) is 1.96. The molecule has 0 saturated carbocycles. The van der Waals surface area contributed by atoms with Crippen LogP contribution in [0.15, 0.2) is 22.6 Å². The first-order valence-corrected chi connectivity index (χ1v) is 6.99. The third-order valence-electron chi connectivity index (χ3n) is 3.42. The number of aryl methyl sites for hydroxylation is 1. The zero-order valence-electron chi connectivity index (χ0n) is 13.2. The molecule has 1 aromatic carbocycles. The molecule has 2 amide bonds. The van der Waals surface area contributed by atoms with Gasteiger partial charge in [0, 0.05) is 32.4 Å². The van der Waals surface area contributed by atoms with Crippen LogP contribution < -0.4 is 10.1 Å². The maximum absolute atomic E-state index is 12.4. The molecule has 2 aromatic rings. The smallest absolute Gasteiger partial charge is 0.255 e. The summed E-state index contributed by atoms with van der Waals surface area (Å²) in [6.07, 6.45) is 0.261. The zero-order chi connectivity index (χ0) is 16.3. The summed E-state index contributed by atoms with van der Waals surface area (Å²) in [7, 11) is 4.94. The number of carbonyl (C=O) groups excluding carboxylic acids is 2. The molecule has 0 bridgehead atoms. The summed E-state index contributed by atoms with van der Waals surface area (Å²) in [4.78, 5) is 25.4. The second kappa shape index (κ2) is 6.51. The number of hydrogen-bond acceptors (Lipinski definition) is 4. The molecule has 0 saturated heterocycles. The molecule has 6 nitrogen and oxygen atoms in total. The quantitative estimate of drug-likeness (QED) is 0.916. The van der Waals surface area contributed by atoms with Gasteiger partial charge in [-0.25, -0.2) is 0 Å². The van der Waals surface area contributed by atoms with E-state index in [1.54, 1.807) is 46.3 Å². The Labute approximate surface area is 129 Å². The van der Waals surface area contributed by atoms with Crippen molar-refractivity contribution < 1.29 is 18.7 Å². The number of ether oxygens (including phenoxy) is 1. The highest BCUT2D eigenvalue weighted by Gasteiger charge is 2.18. The van der Waals surface area contributed by atoms with Gasteiger partial charge in [0.05, 0.1) is 12.7 Å².